The summed E-state index contributed by atoms with van der Waals surface area (Å²) in [4.78, 5) is 4.10. The van der Waals surface area contributed by atoms with E-state index in [1.165, 1.54) is 20.2 Å². The molecule has 0 N–H and O–H groups in total. The second-order valence-corrected chi connectivity index (χ2v) is 9.29. The Balaban J connectivity index is 0.000000357. The lowest BCUT2D eigenvalue weighted by Gasteiger charge is -2.08. The lowest BCUT2D eigenvalue weighted by molar-refractivity contribution is -0.0517. The van der Waals surface area contributed by atoms with E-state index in [4.69, 9.17) is 13.0 Å². The zero-order valence-corrected chi connectivity index (χ0v) is 18.1. The minimum atomic E-state index is -6.09. The molecule has 0 heterocycles. The van der Waals surface area contributed by atoms with Crippen LogP contribution in [0.3, 0.4) is 0 Å². The molecule has 0 atom stereocenters. The van der Waals surface area contributed by atoms with Crippen molar-refractivity contribution in [2.75, 3.05) is 0 Å². The standard InChI is InChI=1S/C19H17S.CHF3O3S.CHF3/c1-16-12-14-19(15-13-16)20(17-8-4-2-5-9-17)18-10-6-3-7-11-18;2-1(3,4)8(5,6)7;2-1(3)4/h2-15H,1H3;(H,5,6,7);1H/q+1;;/p-1. The fourth-order valence-corrected chi connectivity index (χ4v) is 4.28. The molecule has 0 aliphatic rings. The van der Waals surface area contributed by atoms with E-state index in [0.29, 0.717) is 0 Å². The van der Waals surface area contributed by atoms with E-state index in [1.807, 2.05) is 0 Å². The van der Waals surface area contributed by atoms with Crippen molar-refractivity contribution in [2.24, 2.45) is 0 Å². The minimum Gasteiger partial charge on any atom is -0.741 e. The molecule has 0 saturated heterocycles. The number of alkyl halides is 6. The first kappa shape index (κ1) is 27.5. The number of hydrogen-bond acceptors (Lipinski definition) is 3. The molecular formula is C21H18F6O3S2. The summed E-state index contributed by atoms with van der Waals surface area (Å²) >= 11 is 0. The van der Waals surface area contributed by atoms with E-state index in [1.54, 1.807) is 0 Å². The summed E-state index contributed by atoms with van der Waals surface area (Å²) in [5.41, 5.74) is -4.34. The van der Waals surface area contributed by atoms with Crippen molar-refractivity contribution in [2.45, 2.75) is 33.8 Å². The number of benzene rings is 3. The third-order valence-corrected chi connectivity index (χ3v) is 6.30. The molecule has 32 heavy (non-hydrogen) atoms. The normalized spacial score (nSPS) is 11.3. The van der Waals surface area contributed by atoms with Crippen LogP contribution < -0.4 is 0 Å². The third kappa shape index (κ3) is 9.75. The van der Waals surface area contributed by atoms with E-state index >= 15 is 0 Å². The molecule has 0 aliphatic heterocycles. The SMILES string of the molecule is Cc1ccc([S+](c2ccccc2)c2ccccc2)cc1.FC(F)F.O=S(=O)([O-])C(F)(F)F. The Kier molecular flexibility index (Phi) is 10.8. The van der Waals surface area contributed by atoms with Gasteiger partial charge in [0, 0.05) is 0 Å². The number of halogens is 6. The largest absolute Gasteiger partial charge is 0.741 e. The van der Waals surface area contributed by atoms with Gasteiger partial charge in [-0.15, -0.1) is 0 Å². The molecule has 0 aliphatic carbocycles. The summed E-state index contributed by atoms with van der Waals surface area (Å²) in [6.07, 6.45) is 0. The van der Waals surface area contributed by atoms with Gasteiger partial charge in [0.2, 0.25) is 0 Å². The first-order chi connectivity index (χ1) is 14.8. The zero-order chi connectivity index (χ0) is 24.4. The first-order valence-corrected chi connectivity index (χ1v) is 11.3. The number of aryl methyl sites for hydroxylation is 1. The van der Waals surface area contributed by atoms with Gasteiger partial charge in [-0.05, 0) is 43.3 Å². The number of hydrogen-bond donors (Lipinski definition) is 0. The van der Waals surface area contributed by atoms with E-state index in [0.717, 1.165) is 0 Å². The van der Waals surface area contributed by atoms with E-state index in [-0.39, 0.29) is 10.9 Å². The van der Waals surface area contributed by atoms with Crippen molar-refractivity contribution in [1.82, 2.24) is 0 Å². The van der Waals surface area contributed by atoms with Gasteiger partial charge in [-0.25, -0.2) is 8.42 Å². The highest BCUT2D eigenvalue weighted by molar-refractivity contribution is 7.97. The Morgan fingerprint density at radius 3 is 1.28 bits per heavy atom. The fraction of sp³-hybridized carbons (Fsp3) is 0.143. The maximum absolute atomic E-state index is 10.7. The average Bonchev–Trinajstić information content (AvgIpc) is 2.70. The highest BCUT2D eigenvalue weighted by Crippen LogP contribution is 2.30. The Hall–Kier alpha value is -2.50. The van der Waals surface area contributed by atoms with Crippen LogP contribution in [0.2, 0.25) is 0 Å². The first-order valence-electron chi connectivity index (χ1n) is 8.68. The van der Waals surface area contributed by atoms with E-state index in [9.17, 15) is 26.3 Å². The maximum Gasteiger partial charge on any atom is 0.485 e. The Morgan fingerprint density at radius 2 is 1.00 bits per heavy atom. The summed E-state index contributed by atoms with van der Waals surface area (Å²) in [5, 5.41) is 0. The Morgan fingerprint density at radius 1 is 0.719 bits per heavy atom. The van der Waals surface area contributed by atoms with Crippen molar-refractivity contribution in [3.8, 4) is 0 Å². The molecule has 0 fully saturated rings. The van der Waals surface area contributed by atoms with Gasteiger partial charge in [0.25, 0.3) is 0 Å². The summed E-state index contributed by atoms with van der Waals surface area (Å²) in [6, 6.07) is 30.4. The molecule has 174 valence electrons. The van der Waals surface area contributed by atoms with Crippen LogP contribution in [0.4, 0.5) is 26.3 Å². The van der Waals surface area contributed by atoms with Crippen molar-refractivity contribution in [1.29, 1.82) is 0 Å². The summed E-state index contributed by atoms with van der Waals surface area (Å²) in [6.45, 7) is -1.53. The van der Waals surface area contributed by atoms with Gasteiger partial charge in [-0.3, -0.25) is 0 Å². The highest BCUT2D eigenvalue weighted by atomic mass is 32.2. The summed E-state index contributed by atoms with van der Waals surface area (Å²) < 4.78 is 87.9. The second-order valence-electron chi connectivity index (χ2n) is 5.89. The van der Waals surface area contributed by atoms with Gasteiger partial charge in [0.15, 0.2) is 24.8 Å². The van der Waals surface area contributed by atoms with Crippen molar-refractivity contribution < 1.29 is 39.3 Å². The van der Waals surface area contributed by atoms with Crippen LogP contribution in [0.5, 0.6) is 0 Å². The van der Waals surface area contributed by atoms with Gasteiger partial charge in [0.05, 0.1) is 10.9 Å². The molecule has 3 aromatic rings. The van der Waals surface area contributed by atoms with Crippen molar-refractivity contribution >= 4 is 21.0 Å². The van der Waals surface area contributed by atoms with Crippen LogP contribution in [-0.4, -0.2) is 25.2 Å². The average molecular weight is 496 g/mol. The molecule has 0 unspecified atom stereocenters. The van der Waals surface area contributed by atoms with Crippen LogP contribution in [0, 0.1) is 6.92 Å². The van der Waals surface area contributed by atoms with Gasteiger partial charge >= 0.3 is 12.2 Å². The van der Waals surface area contributed by atoms with Gasteiger partial charge in [-0.1, -0.05) is 54.1 Å². The third-order valence-electron chi connectivity index (χ3n) is 3.50. The highest BCUT2D eigenvalue weighted by Gasteiger charge is 2.37. The van der Waals surface area contributed by atoms with Crippen molar-refractivity contribution in [3.05, 3.63) is 90.5 Å². The zero-order valence-electron chi connectivity index (χ0n) is 16.5. The molecule has 3 rings (SSSR count). The second kappa shape index (κ2) is 12.5. The van der Waals surface area contributed by atoms with Gasteiger partial charge in [-0.2, -0.15) is 26.3 Å². The molecule has 0 radical (unpaired) electrons. The van der Waals surface area contributed by atoms with Crippen LogP contribution in [0.1, 0.15) is 5.56 Å². The molecular weight excluding hydrogens is 478 g/mol. The van der Waals surface area contributed by atoms with Gasteiger partial charge in [0.1, 0.15) is 0 Å². The predicted octanol–water partition coefficient (Wildman–Crippen LogP) is 6.32. The molecule has 11 heteroatoms. The molecule has 0 spiro atoms. The molecule has 0 amide bonds. The summed E-state index contributed by atoms with van der Waals surface area (Å²) in [7, 11) is -6.11. The molecule has 3 aromatic carbocycles. The predicted molar refractivity (Wildman–Crippen MR) is 109 cm³/mol. The van der Waals surface area contributed by atoms with E-state index in [2.05, 4.69) is 91.9 Å². The quantitative estimate of drug-likeness (QED) is 0.185. The molecule has 0 aromatic heterocycles. The molecule has 3 nitrogen and oxygen atoms in total. The summed E-state index contributed by atoms with van der Waals surface area (Å²) in [5.74, 6) is 0. The Bertz CT molecular complexity index is 984. The fourth-order valence-electron chi connectivity index (χ4n) is 2.20. The smallest absolute Gasteiger partial charge is 0.485 e. The Labute approximate surface area is 184 Å². The van der Waals surface area contributed by atoms with Crippen molar-refractivity contribution in [3.63, 3.8) is 0 Å². The monoisotopic (exact) mass is 496 g/mol. The molecule has 0 saturated carbocycles. The molecule has 0 bridgehead atoms. The van der Waals surface area contributed by atoms with Gasteiger partial charge < -0.3 is 4.55 Å². The van der Waals surface area contributed by atoms with E-state index < -0.39 is 22.3 Å². The lowest BCUT2D eigenvalue weighted by Crippen LogP contribution is -2.21. The van der Waals surface area contributed by atoms with Crippen LogP contribution in [0.15, 0.2) is 99.6 Å². The maximum atomic E-state index is 10.7. The lowest BCUT2D eigenvalue weighted by atomic mass is 10.2. The minimum absolute atomic E-state index is 0.0229. The van der Waals surface area contributed by atoms with Crippen LogP contribution >= 0.6 is 0 Å². The van der Waals surface area contributed by atoms with Crippen LogP contribution in [0.25, 0.3) is 0 Å². The number of rotatable bonds is 3. The topological polar surface area (TPSA) is 57.2 Å². The van der Waals surface area contributed by atoms with Crippen LogP contribution in [-0.2, 0) is 21.0 Å².